The maximum Gasteiger partial charge on any atom is 0.253 e. The number of amides is 3. The van der Waals surface area contributed by atoms with Gasteiger partial charge in [-0.1, -0.05) is 43.3 Å². The first-order chi connectivity index (χ1) is 17.5. The van der Waals surface area contributed by atoms with E-state index in [1.807, 2.05) is 55.5 Å². The summed E-state index contributed by atoms with van der Waals surface area (Å²) >= 11 is 0. The Balaban J connectivity index is 1.38. The van der Waals surface area contributed by atoms with E-state index in [9.17, 15) is 14.4 Å². The number of benzene rings is 3. The molecule has 1 heterocycles. The summed E-state index contributed by atoms with van der Waals surface area (Å²) in [6.07, 6.45) is 1.06. The normalized spacial score (nSPS) is 15.0. The van der Waals surface area contributed by atoms with E-state index in [1.165, 1.54) is 5.56 Å². The van der Waals surface area contributed by atoms with Crippen LogP contribution in [0.5, 0.6) is 5.75 Å². The zero-order valence-electron chi connectivity index (χ0n) is 20.6. The van der Waals surface area contributed by atoms with Gasteiger partial charge < -0.3 is 20.3 Å². The first-order valence-electron chi connectivity index (χ1n) is 12.3. The fraction of sp³-hybridized carbons (Fsp3) is 0.276. The van der Waals surface area contributed by atoms with Gasteiger partial charge in [-0.2, -0.15) is 0 Å². The predicted octanol–water partition coefficient (Wildman–Crippen LogP) is 4.57. The third-order valence-electron chi connectivity index (χ3n) is 6.27. The van der Waals surface area contributed by atoms with E-state index in [4.69, 9.17) is 4.74 Å². The number of nitrogens with one attached hydrogen (secondary N) is 2. The zero-order valence-corrected chi connectivity index (χ0v) is 20.6. The third kappa shape index (κ3) is 5.92. The molecule has 1 atom stereocenters. The topological polar surface area (TPSA) is 87.7 Å². The molecule has 36 heavy (non-hydrogen) atoms. The van der Waals surface area contributed by atoms with Crippen LogP contribution in [0.1, 0.15) is 41.8 Å². The van der Waals surface area contributed by atoms with Crippen LogP contribution in [-0.2, 0) is 22.6 Å². The van der Waals surface area contributed by atoms with Gasteiger partial charge >= 0.3 is 0 Å². The lowest BCUT2D eigenvalue weighted by Gasteiger charge is -2.17. The largest absolute Gasteiger partial charge is 0.494 e. The molecule has 0 aliphatic carbocycles. The first-order valence-corrected chi connectivity index (χ1v) is 12.3. The lowest BCUT2D eigenvalue weighted by Crippen LogP contribution is -2.29. The van der Waals surface area contributed by atoms with E-state index in [0.717, 1.165) is 23.4 Å². The van der Waals surface area contributed by atoms with Crippen LogP contribution in [0.3, 0.4) is 0 Å². The summed E-state index contributed by atoms with van der Waals surface area (Å²) in [5.74, 6) is -0.366. The fourth-order valence-corrected chi connectivity index (χ4v) is 4.22. The highest BCUT2D eigenvalue weighted by molar-refractivity contribution is 6.07. The molecule has 2 N–H and O–H groups in total. The second-order valence-electron chi connectivity index (χ2n) is 8.72. The smallest absolute Gasteiger partial charge is 0.253 e. The molecule has 3 aromatic carbocycles. The van der Waals surface area contributed by atoms with Crippen LogP contribution >= 0.6 is 0 Å². The Bertz CT molecular complexity index is 1220. The molecule has 1 aliphatic heterocycles. The number of ether oxygens (including phenoxy) is 1. The van der Waals surface area contributed by atoms with Gasteiger partial charge in [0.05, 0.1) is 23.8 Å². The molecule has 1 aliphatic rings. The SMILES string of the molecule is CCOc1ccc(CNC(=O)c2ccccc2NC(=O)[C@H]2CC(=O)N(c3ccc(CC)cc3)C2)cc1. The lowest BCUT2D eigenvalue weighted by atomic mass is 10.1. The highest BCUT2D eigenvalue weighted by Crippen LogP contribution is 2.27. The van der Waals surface area contributed by atoms with E-state index in [0.29, 0.717) is 30.9 Å². The molecular formula is C29H31N3O4. The number of para-hydroxylation sites is 1. The molecule has 0 radical (unpaired) electrons. The minimum absolute atomic E-state index is 0.0826. The molecule has 0 bridgehead atoms. The number of aryl methyl sites for hydroxylation is 1. The molecule has 1 saturated heterocycles. The third-order valence-corrected chi connectivity index (χ3v) is 6.27. The number of hydrogen-bond acceptors (Lipinski definition) is 4. The minimum Gasteiger partial charge on any atom is -0.494 e. The molecule has 1 fully saturated rings. The zero-order chi connectivity index (χ0) is 25.5. The molecule has 186 valence electrons. The van der Waals surface area contributed by atoms with Gasteiger partial charge in [0.25, 0.3) is 5.91 Å². The molecule has 4 rings (SSSR count). The quantitative estimate of drug-likeness (QED) is 0.465. The number of hydrogen-bond donors (Lipinski definition) is 2. The van der Waals surface area contributed by atoms with Crippen molar-refractivity contribution in [1.82, 2.24) is 5.32 Å². The predicted molar refractivity (Wildman–Crippen MR) is 140 cm³/mol. The lowest BCUT2D eigenvalue weighted by molar-refractivity contribution is -0.122. The molecule has 0 saturated carbocycles. The Morgan fingerprint density at radius 2 is 1.64 bits per heavy atom. The van der Waals surface area contributed by atoms with Crippen LogP contribution in [0.4, 0.5) is 11.4 Å². The summed E-state index contributed by atoms with van der Waals surface area (Å²) in [7, 11) is 0. The second-order valence-corrected chi connectivity index (χ2v) is 8.72. The molecule has 0 spiro atoms. The summed E-state index contributed by atoms with van der Waals surface area (Å²) in [5.41, 5.74) is 3.71. The van der Waals surface area contributed by atoms with Gasteiger partial charge in [0.2, 0.25) is 11.8 Å². The minimum atomic E-state index is -0.497. The van der Waals surface area contributed by atoms with E-state index in [-0.39, 0.29) is 24.1 Å². The van der Waals surface area contributed by atoms with Crippen molar-refractivity contribution < 1.29 is 19.1 Å². The van der Waals surface area contributed by atoms with Crippen molar-refractivity contribution in [1.29, 1.82) is 0 Å². The van der Waals surface area contributed by atoms with Crippen molar-refractivity contribution >= 4 is 29.1 Å². The van der Waals surface area contributed by atoms with Crippen LogP contribution in [0.25, 0.3) is 0 Å². The van der Waals surface area contributed by atoms with Crippen molar-refractivity contribution in [3.63, 3.8) is 0 Å². The van der Waals surface area contributed by atoms with Crippen molar-refractivity contribution in [2.45, 2.75) is 33.2 Å². The average molecular weight is 486 g/mol. The van der Waals surface area contributed by atoms with E-state index < -0.39 is 5.92 Å². The standard InChI is InChI=1S/C29H31N3O4/c1-3-20-9-13-23(14-10-20)32-19-22(17-27(32)33)28(34)31-26-8-6-5-7-25(26)29(35)30-18-21-11-15-24(16-12-21)36-4-2/h5-16,22H,3-4,17-19H2,1-2H3,(H,30,35)(H,31,34)/t22-/m0/s1. The number of carbonyl (C=O) groups is 3. The van der Waals surface area contributed by atoms with Crippen molar-refractivity contribution in [3.05, 3.63) is 89.5 Å². The number of nitrogens with zero attached hydrogens (tertiary/aromatic N) is 1. The molecule has 3 aromatic rings. The van der Waals surface area contributed by atoms with Crippen LogP contribution in [-0.4, -0.2) is 30.9 Å². The van der Waals surface area contributed by atoms with Gasteiger partial charge in [-0.25, -0.2) is 0 Å². The van der Waals surface area contributed by atoms with E-state index in [1.54, 1.807) is 29.2 Å². The Morgan fingerprint density at radius 1 is 0.944 bits per heavy atom. The van der Waals surface area contributed by atoms with E-state index in [2.05, 4.69) is 17.6 Å². The van der Waals surface area contributed by atoms with Crippen LogP contribution in [0.2, 0.25) is 0 Å². The monoisotopic (exact) mass is 485 g/mol. The Labute approximate surface area is 211 Å². The maximum absolute atomic E-state index is 13.0. The molecule has 0 unspecified atom stereocenters. The molecule has 7 heteroatoms. The molecular weight excluding hydrogens is 454 g/mol. The van der Waals surface area contributed by atoms with Gasteiger partial charge in [0.15, 0.2) is 0 Å². The van der Waals surface area contributed by atoms with Crippen LogP contribution in [0, 0.1) is 5.92 Å². The van der Waals surface area contributed by atoms with Gasteiger partial charge in [0.1, 0.15) is 5.75 Å². The summed E-state index contributed by atoms with van der Waals surface area (Å²) in [4.78, 5) is 40.2. The number of rotatable bonds is 9. The van der Waals surface area contributed by atoms with Gasteiger partial charge in [-0.3, -0.25) is 14.4 Å². The van der Waals surface area contributed by atoms with Gasteiger partial charge in [-0.05, 0) is 60.9 Å². The first kappa shape index (κ1) is 25.0. The highest BCUT2D eigenvalue weighted by Gasteiger charge is 2.35. The highest BCUT2D eigenvalue weighted by atomic mass is 16.5. The summed E-state index contributed by atoms with van der Waals surface area (Å²) in [6, 6.07) is 22.2. The molecule has 7 nitrogen and oxygen atoms in total. The molecule has 0 aromatic heterocycles. The van der Waals surface area contributed by atoms with Gasteiger partial charge in [-0.15, -0.1) is 0 Å². The van der Waals surface area contributed by atoms with Crippen LogP contribution in [0.15, 0.2) is 72.8 Å². The summed E-state index contributed by atoms with van der Waals surface area (Å²) in [5, 5.41) is 5.77. The fourth-order valence-electron chi connectivity index (χ4n) is 4.22. The second kappa shape index (κ2) is 11.5. The molecule has 3 amide bonds. The van der Waals surface area contributed by atoms with Crippen molar-refractivity contribution in [3.8, 4) is 5.75 Å². The van der Waals surface area contributed by atoms with Crippen molar-refractivity contribution in [2.75, 3.05) is 23.4 Å². The number of carbonyl (C=O) groups excluding carboxylic acids is 3. The Morgan fingerprint density at radius 3 is 2.33 bits per heavy atom. The summed E-state index contributed by atoms with van der Waals surface area (Å²) < 4.78 is 5.45. The van der Waals surface area contributed by atoms with Crippen LogP contribution < -0.4 is 20.3 Å². The number of anilines is 2. The van der Waals surface area contributed by atoms with Gasteiger partial charge in [0, 0.05) is 25.2 Å². The Kier molecular flexibility index (Phi) is 8.00. The Hall–Kier alpha value is -4.13. The average Bonchev–Trinajstić information content (AvgIpc) is 3.30. The maximum atomic E-state index is 13.0. The van der Waals surface area contributed by atoms with E-state index >= 15 is 0 Å². The van der Waals surface area contributed by atoms with Crippen molar-refractivity contribution in [2.24, 2.45) is 5.92 Å². The summed E-state index contributed by atoms with van der Waals surface area (Å²) in [6.45, 7) is 5.25.